The van der Waals surface area contributed by atoms with Gasteiger partial charge in [-0.1, -0.05) is 35.5 Å². The fourth-order valence-electron chi connectivity index (χ4n) is 2.28. The second-order valence-corrected chi connectivity index (χ2v) is 4.84. The average molecular weight is 311 g/mol. The van der Waals surface area contributed by atoms with Crippen molar-refractivity contribution >= 4 is 12.4 Å². The number of benzene rings is 1. The molecule has 2 N–H and O–H groups in total. The predicted octanol–water partition coefficient (Wildman–Crippen LogP) is 1.32. The van der Waals surface area contributed by atoms with Gasteiger partial charge in [0.1, 0.15) is 0 Å². The number of ether oxygens (including phenoxy) is 1. The third-order valence-electron chi connectivity index (χ3n) is 3.34. The van der Waals surface area contributed by atoms with Crippen molar-refractivity contribution in [2.75, 3.05) is 26.2 Å². The first-order valence-corrected chi connectivity index (χ1v) is 6.77. The molecule has 1 aliphatic rings. The summed E-state index contributed by atoms with van der Waals surface area (Å²) in [5, 5.41) is 4.02. The Morgan fingerprint density at radius 3 is 2.86 bits per heavy atom. The summed E-state index contributed by atoms with van der Waals surface area (Å²) in [4.78, 5) is 6.66. The highest BCUT2D eigenvalue weighted by molar-refractivity contribution is 5.85. The molecular formula is C14H19ClN4O2. The lowest BCUT2D eigenvalue weighted by Gasteiger charge is -2.31. The largest absolute Gasteiger partial charge is 0.374 e. The van der Waals surface area contributed by atoms with Gasteiger partial charge in [-0.2, -0.15) is 4.98 Å². The summed E-state index contributed by atoms with van der Waals surface area (Å²) in [6.45, 7) is 3.54. The number of halogens is 1. The van der Waals surface area contributed by atoms with E-state index >= 15 is 0 Å². The quantitative estimate of drug-likeness (QED) is 0.917. The molecule has 2 heterocycles. The molecule has 0 saturated carbocycles. The molecule has 114 valence electrons. The monoisotopic (exact) mass is 310 g/mol. The van der Waals surface area contributed by atoms with Crippen LogP contribution < -0.4 is 5.73 Å². The number of hydrogen-bond acceptors (Lipinski definition) is 6. The SMILES string of the molecule is Cl.NCC1CN(Cc2nc(-c3ccccc3)no2)CCO1. The van der Waals surface area contributed by atoms with Crippen molar-refractivity contribution in [2.45, 2.75) is 12.6 Å². The van der Waals surface area contributed by atoms with Crippen molar-refractivity contribution in [3.8, 4) is 11.4 Å². The summed E-state index contributed by atoms with van der Waals surface area (Å²) < 4.78 is 10.9. The van der Waals surface area contributed by atoms with Gasteiger partial charge >= 0.3 is 0 Å². The molecule has 2 aromatic rings. The summed E-state index contributed by atoms with van der Waals surface area (Å²) in [5.74, 6) is 1.26. The van der Waals surface area contributed by atoms with Crippen LogP contribution in [0.5, 0.6) is 0 Å². The van der Waals surface area contributed by atoms with Gasteiger partial charge < -0.3 is 15.0 Å². The van der Waals surface area contributed by atoms with Gasteiger partial charge in [0.15, 0.2) is 0 Å². The van der Waals surface area contributed by atoms with Gasteiger partial charge in [0.25, 0.3) is 0 Å². The fourth-order valence-corrected chi connectivity index (χ4v) is 2.28. The standard InChI is InChI=1S/C14H18N4O2.ClH/c15-8-12-9-18(6-7-19-12)10-13-16-14(17-20-13)11-4-2-1-3-5-11;/h1-5,12H,6-10,15H2;1H. The molecule has 0 radical (unpaired) electrons. The van der Waals surface area contributed by atoms with E-state index in [1.54, 1.807) is 0 Å². The van der Waals surface area contributed by atoms with E-state index in [0.717, 1.165) is 18.7 Å². The average Bonchev–Trinajstić information content (AvgIpc) is 2.97. The van der Waals surface area contributed by atoms with E-state index in [9.17, 15) is 0 Å². The van der Waals surface area contributed by atoms with Crippen LogP contribution in [0.4, 0.5) is 0 Å². The van der Waals surface area contributed by atoms with Crippen LogP contribution in [-0.2, 0) is 11.3 Å². The zero-order valence-corrected chi connectivity index (χ0v) is 12.5. The molecule has 1 aromatic carbocycles. The number of nitrogens with two attached hydrogens (primary N) is 1. The van der Waals surface area contributed by atoms with E-state index in [1.165, 1.54) is 0 Å². The van der Waals surface area contributed by atoms with Crippen molar-refractivity contribution < 1.29 is 9.26 Å². The molecule has 3 rings (SSSR count). The molecule has 0 amide bonds. The van der Waals surface area contributed by atoms with Crippen molar-refractivity contribution in [3.05, 3.63) is 36.2 Å². The minimum Gasteiger partial charge on any atom is -0.374 e. The van der Waals surface area contributed by atoms with Crippen LogP contribution in [0.15, 0.2) is 34.9 Å². The Morgan fingerprint density at radius 1 is 1.29 bits per heavy atom. The van der Waals surface area contributed by atoms with Crippen molar-refractivity contribution in [3.63, 3.8) is 0 Å². The molecule has 21 heavy (non-hydrogen) atoms. The lowest BCUT2D eigenvalue weighted by atomic mass is 10.2. The molecule has 1 saturated heterocycles. The molecule has 0 spiro atoms. The van der Waals surface area contributed by atoms with Crippen molar-refractivity contribution in [1.82, 2.24) is 15.0 Å². The summed E-state index contributed by atoms with van der Waals surface area (Å²) in [6.07, 6.45) is 0.0975. The minimum absolute atomic E-state index is 0. The number of hydrogen-bond donors (Lipinski definition) is 1. The van der Waals surface area contributed by atoms with Crippen LogP contribution in [0.1, 0.15) is 5.89 Å². The summed E-state index contributed by atoms with van der Waals surface area (Å²) in [6, 6.07) is 9.81. The second-order valence-electron chi connectivity index (χ2n) is 4.84. The molecule has 7 heteroatoms. The van der Waals surface area contributed by atoms with Gasteiger partial charge in [-0.25, -0.2) is 0 Å². The predicted molar refractivity (Wildman–Crippen MR) is 81.1 cm³/mol. The van der Waals surface area contributed by atoms with Crippen LogP contribution in [0.2, 0.25) is 0 Å². The third kappa shape index (κ3) is 4.01. The molecule has 0 bridgehead atoms. The highest BCUT2D eigenvalue weighted by Gasteiger charge is 2.21. The first-order chi connectivity index (χ1) is 9.85. The minimum atomic E-state index is 0. The van der Waals surface area contributed by atoms with E-state index in [4.69, 9.17) is 15.0 Å². The maximum atomic E-state index is 5.64. The Kier molecular flexibility index (Phi) is 5.69. The smallest absolute Gasteiger partial charge is 0.241 e. The zero-order valence-electron chi connectivity index (χ0n) is 11.6. The number of rotatable bonds is 4. The summed E-state index contributed by atoms with van der Waals surface area (Å²) in [7, 11) is 0. The highest BCUT2D eigenvalue weighted by atomic mass is 35.5. The maximum absolute atomic E-state index is 5.64. The number of morpholine rings is 1. The van der Waals surface area contributed by atoms with E-state index in [-0.39, 0.29) is 18.5 Å². The Morgan fingerprint density at radius 2 is 2.10 bits per heavy atom. The lowest BCUT2D eigenvalue weighted by Crippen LogP contribution is -2.45. The molecule has 0 aliphatic carbocycles. The Bertz CT molecular complexity index is 549. The van der Waals surface area contributed by atoms with Crippen LogP contribution in [0.3, 0.4) is 0 Å². The molecular weight excluding hydrogens is 292 g/mol. The molecule has 1 unspecified atom stereocenters. The van der Waals surface area contributed by atoms with Gasteiger partial charge in [0.05, 0.1) is 19.3 Å². The van der Waals surface area contributed by atoms with E-state index in [0.29, 0.717) is 31.4 Å². The first-order valence-electron chi connectivity index (χ1n) is 6.77. The van der Waals surface area contributed by atoms with Crippen LogP contribution in [-0.4, -0.2) is 47.4 Å². The van der Waals surface area contributed by atoms with Crippen molar-refractivity contribution in [1.29, 1.82) is 0 Å². The van der Waals surface area contributed by atoms with Crippen LogP contribution in [0, 0.1) is 0 Å². The summed E-state index contributed by atoms with van der Waals surface area (Å²) >= 11 is 0. The topological polar surface area (TPSA) is 77.4 Å². The zero-order chi connectivity index (χ0) is 13.8. The second kappa shape index (κ2) is 7.51. The third-order valence-corrected chi connectivity index (χ3v) is 3.34. The fraction of sp³-hybridized carbons (Fsp3) is 0.429. The Labute approximate surface area is 129 Å². The number of aromatic nitrogens is 2. The normalized spacial score (nSPS) is 19.2. The molecule has 1 aliphatic heterocycles. The summed E-state index contributed by atoms with van der Waals surface area (Å²) in [5.41, 5.74) is 6.60. The lowest BCUT2D eigenvalue weighted by molar-refractivity contribution is -0.0288. The number of nitrogens with zero attached hydrogens (tertiary/aromatic N) is 3. The van der Waals surface area contributed by atoms with Gasteiger partial charge in [0.2, 0.25) is 11.7 Å². The first kappa shape index (κ1) is 15.9. The van der Waals surface area contributed by atoms with E-state index < -0.39 is 0 Å². The van der Waals surface area contributed by atoms with Gasteiger partial charge in [-0.3, -0.25) is 4.90 Å². The maximum Gasteiger partial charge on any atom is 0.241 e. The van der Waals surface area contributed by atoms with Crippen molar-refractivity contribution in [2.24, 2.45) is 5.73 Å². The molecule has 1 atom stereocenters. The van der Waals surface area contributed by atoms with Gasteiger partial charge in [-0.15, -0.1) is 12.4 Å². The molecule has 1 fully saturated rings. The highest BCUT2D eigenvalue weighted by Crippen LogP contribution is 2.16. The van der Waals surface area contributed by atoms with E-state index in [2.05, 4.69) is 15.0 Å². The molecule has 1 aromatic heterocycles. The van der Waals surface area contributed by atoms with Crippen LogP contribution in [0.25, 0.3) is 11.4 Å². The Balaban J connectivity index is 0.00000161. The van der Waals surface area contributed by atoms with Gasteiger partial charge in [-0.05, 0) is 0 Å². The molecule has 6 nitrogen and oxygen atoms in total. The van der Waals surface area contributed by atoms with Crippen LogP contribution >= 0.6 is 12.4 Å². The van der Waals surface area contributed by atoms with Gasteiger partial charge in [0, 0.05) is 25.2 Å². The van der Waals surface area contributed by atoms with E-state index in [1.807, 2.05) is 30.3 Å². The Hall–Kier alpha value is -1.47.